The Hall–Kier alpha value is 0.234. The van der Waals surface area contributed by atoms with Crippen molar-refractivity contribution in [2.24, 2.45) is 0 Å². The largest absolute Gasteiger partial charge is 0.427 e. The van der Waals surface area contributed by atoms with E-state index in [4.69, 9.17) is 17.7 Å². The van der Waals surface area contributed by atoms with Crippen LogP contribution in [-0.2, 0) is 17.7 Å². The molecule has 0 aromatic heterocycles. The zero-order chi connectivity index (χ0) is 15.6. The van der Waals surface area contributed by atoms with Crippen LogP contribution in [0.15, 0.2) is 0 Å². The summed E-state index contributed by atoms with van der Waals surface area (Å²) in [6.07, 6.45) is 0. The monoisotopic (exact) mass is 323 g/mol. The maximum absolute atomic E-state index is 6.15. The Balaban J connectivity index is 5.07. The summed E-state index contributed by atoms with van der Waals surface area (Å²) in [5, 5.41) is 0. The zero-order valence-electron chi connectivity index (χ0n) is 14.3. The lowest BCUT2D eigenvalue weighted by atomic mass is 10.7. The van der Waals surface area contributed by atoms with Crippen molar-refractivity contribution in [3.05, 3.63) is 0 Å². The molecule has 0 N–H and O–H groups in total. The van der Waals surface area contributed by atoms with Crippen molar-refractivity contribution in [3.8, 4) is 0 Å². The van der Waals surface area contributed by atoms with Crippen LogP contribution in [0.4, 0.5) is 0 Å². The Labute approximate surface area is 127 Å². The molecule has 0 rings (SSSR count). The molecule has 122 valence electrons. The second-order valence-electron chi connectivity index (χ2n) is 4.79. The van der Waals surface area contributed by atoms with Gasteiger partial charge in [-0.1, -0.05) is 13.8 Å². The Morgan fingerprint density at radius 2 is 1.25 bits per heavy atom. The predicted molar refractivity (Wildman–Crippen MR) is 87.2 cm³/mol. The molecule has 0 unspecified atom stereocenters. The van der Waals surface area contributed by atoms with E-state index in [-0.39, 0.29) is 0 Å². The van der Waals surface area contributed by atoms with Gasteiger partial charge in [-0.3, -0.25) is 4.57 Å². The summed E-state index contributed by atoms with van der Waals surface area (Å²) in [5.74, 6) is 0. The molecule has 0 spiro atoms. The molecular weight excluding hydrogens is 290 g/mol. The molecule has 0 aromatic rings. The van der Waals surface area contributed by atoms with E-state index in [1.54, 1.807) is 14.2 Å². The summed E-state index contributed by atoms with van der Waals surface area (Å²) in [7, 11) is -0.980. The van der Waals surface area contributed by atoms with Crippen molar-refractivity contribution in [1.82, 2.24) is 4.57 Å². The molecule has 5 nitrogen and oxygen atoms in total. The first kappa shape index (κ1) is 20.2. The highest BCUT2D eigenvalue weighted by Gasteiger charge is 2.46. The van der Waals surface area contributed by atoms with Crippen LogP contribution in [-0.4, -0.2) is 62.4 Å². The van der Waals surface area contributed by atoms with Crippen LogP contribution < -0.4 is 0 Å². The quantitative estimate of drug-likeness (QED) is 0.516. The standard InChI is InChI=1S/C13H33NO4Si2/c1-8-14(9-2)20(17-10-3,18-11-4)13-12-19(7,15-5)16-6/h8-13H2,1-7H3. The third-order valence-electron chi connectivity index (χ3n) is 3.74. The summed E-state index contributed by atoms with van der Waals surface area (Å²) in [5.41, 5.74) is 0. The number of hydrogen-bond acceptors (Lipinski definition) is 5. The maximum Gasteiger partial charge on any atom is 0.427 e. The fourth-order valence-electron chi connectivity index (χ4n) is 2.36. The summed E-state index contributed by atoms with van der Waals surface area (Å²) in [4.78, 5) is 0. The second kappa shape index (κ2) is 10.0. The van der Waals surface area contributed by atoms with Gasteiger partial charge in [0.15, 0.2) is 0 Å². The minimum Gasteiger partial charge on any atom is -0.398 e. The fourth-order valence-corrected chi connectivity index (χ4v) is 8.93. The van der Waals surface area contributed by atoms with Crippen molar-refractivity contribution in [3.63, 3.8) is 0 Å². The Morgan fingerprint density at radius 3 is 1.55 bits per heavy atom. The van der Waals surface area contributed by atoms with Crippen molar-refractivity contribution in [1.29, 1.82) is 0 Å². The van der Waals surface area contributed by atoms with Crippen molar-refractivity contribution in [2.45, 2.75) is 46.3 Å². The minimum atomic E-state index is -2.36. The molecule has 20 heavy (non-hydrogen) atoms. The normalized spacial score (nSPS) is 13.2. The Kier molecular flexibility index (Phi) is 10.2. The first-order valence-electron chi connectivity index (χ1n) is 7.60. The average Bonchev–Trinajstić information content (AvgIpc) is 2.46. The summed E-state index contributed by atoms with van der Waals surface area (Å²) in [6, 6.07) is 1.78. The molecule has 7 heteroatoms. The zero-order valence-corrected chi connectivity index (χ0v) is 16.3. The molecule has 0 aliphatic rings. The Morgan fingerprint density at radius 1 is 0.800 bits per heavy atom. The highest BCUT2D eigenvalue weighted by Crippen LogP contribution is 2.26. The number of hydrogen-bond donors (Lipinski definition) is 0. The van der Waals surface area contributed by atoms with Gasteiger partial charge in [-0.25, -0.2) is 0 Å². The van der Waals surface area contributed by atoms with E-state index in [1.165, 1.54) is 0 Å². The first-order chi connectivity index (χ1) is 9.47. The molecule has 0 atom stereocenters. The lowest BCUT2D eigenvalue weighted by Crippen LogP contribution is -2.59. The summed E-state index contributed by atoms with van der Waals surface area (Å²) in [6.45, 7) is 13.7. The molecule has 0 amide bonds. The smallest absolute Gasteiger partial charge is 0.398 e. The second-order valence-corrected chi connectivity index (χ2v) is 11.5. The third kappa shape index (κ3) is 5.55. The summed E-state index contributed by atoms with van der Waals surface area (Å²) >= 11 is 0. The van der Waals surface area contributed by atoms with E-state index in [2.05, 4.69) is 25.0 Å². The predicted octanol–water partition coefficient (Wildman–Crippen LogP) is 2.70. The van der Waals surface area contributed by atoms with E-state index >= 15 is 0 Å². The van der Waals surface area contributed by atoms with Crippen LogP contribution in [0.25, 0.3) is 0 Å². The van der Waals surface area contributed by atoms with Crippen LogP contribution in [0.2, 0.25) is 18.6 Å². The maximum atomic E-state index is 6.15. The molecule has 0 aliphatic carbocycles. The molecule has 0 radical (unpaired) electrons. The molecule has 0 saturated carbocycles. The molecule has 0 aromatic carbocycles. The number of rotatable bonds is 12. The van der Waals surface area contributed by atoms with Crippen LogP contribution in [0, 0.1) is 0 Å². The van der Waals surface area contributed by atoms with Gasteiger partial charge in [0, 0.05) is 33.5 Å². The van der Waals surface area contributed by atoms with Gasteiger partial charge in [0.25, 0.3) is 0 Å². The van der Waals surface area contributed by atoms with Gasteiger partial charge >= 0.3 is 17.3 Å². The Bertz CT molecular complexity index is 243. The van der Waals surface area contributed by atoms with Gasteiger partial charge in [-0.2, -0.15) is 0 Å². The fraction of sp³-hybridized carbons (Fsp3) is 1.00. The lowest BCUT2D eigenvalue weighted by molar-refractivity contribution is 0.123. The van der Waals surface area contributed by atoms with Gasteiger partial charge in [-0.05, 0) is 39.5 Å². The molecular formula is C13H33NO4Si2. The molecule has 0 heterocycles. The number of nitrogens with zero attached hydrogens (tertiary/aromatic N) is 1. The van der Waals surface area contributed by atoms with Gasteiger partial charge in [-0.15, -0.1) is 0 Å². The minimum absolute atomic E-state index is 0.682. The van der Waals surface area contributed by atoms with Gasteiger partial charge in [0.2, 0.25) is 0 Å². The van der Waals surface area contributed by atoms with E-state index in [9.17, 15) is 0 Å². The highest BCUT2D eigenvalue weighted by atomic mass is 28.4. The lowest BCUT2D eigenvalue weighted by Gasteiger charge is -2.39. The van der Waals surface area contributed by atoms with Crippen molar-refractivity contribution >= 4 is 17.3 Å². The van der Waals surface area contributed by atoms with Crippen molar-refractivity contribution in [2.75, 3.05) is 40.5 Å². The molecule has 0 bridgehead atoms. The molecule has 0 saturated heterocycles. The van der Waals surface area contributed by atoms with E-state index in [0.29, 0.717) is 13.2 Å². The third-order valence-corrected chi connectivity index (χ3v) is 11.1. The summed E-state index contributed by atoms with van der Waals surface area (Å²) < 4.78 is 25.9. The SMILES string of the molecule is CCO[Si](CC[Si](C)(OC)OC)(OCC)N(CC)CC. The van der Waals surface area contributed by atoms with Crippen LogP contribution in [0.1, 0.15) is 27.7 Å². The van der Waals surface area contributed by atoms with E-state index in [0.717, 1.165) is 25.2 Å². The molecule has 0 fully saturated rings. The van der Waals surface area contributed by atoms with Gasteiger partial charge < -0.3 is 17.7 Å². The van der Waals surface area contributed by atoms with E-state index < -0.39 is 17.3 Å². The van der Waals surface area contributed by atoms with Gasteiger partial charge in [0.05, 0.1) is 0 Å². The van der Waals surface area contributed by atoms with Crippen LogP contribution in [0.5, 0.6) is 0 Å². The van der Waals surface area contributed by atoms with Gasteiger partial charge in [0.1, 0.15) is 0 Å². The topological polar surface area (TPSA) is 40.2 Å². The first-order valence-corrected chi connectivity index (χ1v) is 12.1. The van der Waals surface area contributed by atoms with E-state index in [1.807, 2.05) is 13.8 Å². The van der Waals surface area contributed by atoms with Crippen LogP contribution >= 0.6 is 0 Å². The highest BCUT2D eigenvalue weighted by molar-refractivity contribution is 6.71. The molecule has 0 aliphatic heterocycles. The average molecular weight is 324 g/mol. The van der Waals surface area contributed by atoms with Crippen molar-refractivity contribution < 1.29 is 17.7 Å². The van der Waals surface area contributed by atoms with Crippen LogP contribution in [0.3, 0.4) is 0 Å².